The van der Waals surface area contributed by atoms with Crippen molar-refractivity contribution in [2.75, 3.05) is 34.3 Å². The van der Waals surface area contributed by atoms with Gasteiger partial charge >= 0.3 is 0 Å². The summed E-state index contributed by atoms with van der Waals surface area (Å²) in [6.45, 7) is 9.28. The van der Waals surface area contributed by atoms with Gasteiger partial charge in [0.1, 0.15) is 23.7 Å². The maximum atomic E-state index is 10.3. The molecule has 0 aromatic rings. The summed E-state index contributed by atoms with van der Waals surface area (Å²) < 4.78 is 6.65. The van der Waals surface area contributed by atoms with Crippen LogP contribution in [0.15, 0.2) is 0 Å². The molecule has 0 radical (unpaired) electrons. The van der Waals surface area contributed by atoms with Crippen molar-refractivity contribution in [1.82, 2.24) is 0 Å². The smallest absolute Gasteiger partial charge is 0.126 e. The first-order valence-electron chi connectivity index (χ1n) is 7.50. The van der Waals surface area contributed by atoms with Crippen LogP contribution in [0, 0.1) is 0 Å². The molecule has 5 nitrogen and oxygen atoms in total. The van der Waals surface area contributed by atoms with Crippen LogP contribution in [0.1, 0.15) is 40.5 Å². The Labute approximate surface area is 123 Å². The molecule has 0 aromatic heterocycles. The summed E-state index contributed by atoms with van der Waals surface area (Å²) in [5.74, 6) is 0. The van der Waals surface area contributed by atoms with Gasteiger partial charge in [0.05, 0.1) is 33.9 Å². The number of quaternary nitrogens is 2. The highest BCUT2D eigenvalue weighted by Gasteiger charge is 2.50. The Morgan fingerprint density at radius 1 is 1.15 bits per heavy atom. The number of aliphatic hydroxyl groups is 1. The summed E-state index contributed by atoms with van der Waals surface area (Å²) in [5.41, 5.74) is -0.449. The lowest BCUT2D eigenvalue weighted by Crippen LogP contribution is -3.25. The quantitative estimate of drug-likeness (QED) is 0.628. The van der Waals surface area contributed by atoms with Gasteiger partial charge in [0.25, 0.3) is 0 Å². The van der Waals surface area contributed by atoms with E-state index in [1.807, 2.05) is 0 Å². The van der Waals surface area contributed by atoms with E-state index in [2.05, 4.69) is 48.8 Å². The zero-order chi connectivity index (χ0) is 15.8. The Hall–Kier alpha value is -0.200. The van der Waals surface area contributed by atoms with E-state index in [9.17, 15) is 10.3 Å². The van der Waals surface area contributed by atoms with Gasteiger partial charge in [-0.1, -0.05) is 0 Å². The van der Waals surface area contributed by atoms with Gasteiger partial charge in [0.2, 0.25) is 0 Å². The van der Waals surface area contributed by atoms with Crippen molar-refractivity contribution >= 4 is 0 Å². The number of hydrogen-bond acceptors (Lipinski definition) is 3. The first-order valence-corrected chi connectivity index (χ1v) is 7.50. The number of aliphatic hydroxyl groups excluding tert-OH is 1. The third-order valence-corrected chi connectivity index (χ3v) is 4.04. The van der Waals surface area contributed by atoms with Crippen LogP contribution >= 0.6 is 0 Å². The Morgan fingerprint density at radius 2 is 1.60 bits per heavy atom. The monoisotopic (exact) mass is 290 g/mol. The largest absolute Gasteiger partial charge is 0.385 e. The molecule has 1 aliphatic heterocycles. The van der Waals surface area contributed by atoms with Gasteiger partial charge in [0.15, 0.2) is 0 Å². The molecule has 1 heterocycles. The molecular weight excluding hydrogens is 256 g/mol. The minimum Gasteiger partial charge on any atom is -0.385 e. The summed E-state index contributed by atoms with van der Waals surface area (Å²) in [4.78, 5) is 0. The second-order valence-electron chi connectivity index (χ2n) is 8.61. The molecule has 3 N–H and O–H groups in total. The molecule has 1 aliphatic rings. The Kier molecular flexibility index (Phi) is 5.26. The van der Waals surface area contributed by atoms with Crippen LogP contribution < -0.4 is 5.06 Å². The summed E-state index contributed by atoms with van der Waals surface area (Å²) in [5, 5.41) is 20.9. The molecule has 0 spiro atoms. The van der Waals surface area contributed by atoms with E-state index in [4.69, 9.17) is 4.74 Å². The predicted molar refractivity (Wildman–Crippen MR) is 78.8 cm³/mol. The van der Waals surface area contributed by atoms with Crippen LogP contribution in [-0.4, -0.2) is 72.4 Å². The fourth-order valence-corrected chi connectivity index (χ4v) is 3.37. The molecule has 0 saturated carbocycles. The van der Waals surface area contributed by atoms with E-state index in [1.54, 1.807) is 0 Å². The maximum absolute atomic E-state index is 10.3. The molecule has 0 amide bonds. The lowest BCUT2D eigenvalue weighted by Gasteiger charge is -2.47. The molecule has 20 heavy (non-hydrogen) atoms. The first kappa shape index (κ1) is 17.9. The number of hydrogen-bond donors (Lipinski definition) is 3. The SMILES string of the molecule is CC1(C)CC(OCC(O)C[N+](C)(C)C)CC(C)(C)[NH+]1O. The van der Waals surface area contributed by atoms with Crippen LogP contribution in [-0.2, 0) is 4.74 Å². The highest BCUT2D eigenvalue weighted by atomic mass is 16.5. The van der Waals surface area contributed by atoms with E-state index in [0.717, 1.165) is 17.3 Å². The van der Waals surface area contributed by atoms with Gasteiger partial charge in [-0.05, 0) is 27.7 Å². The number of ether oxygens (including phenoxy) is 1. The number of likely N-dealkylation sites (N-methyl/N-ethyl adjacent to an activating group) is 1. The molecule has 0 aliphatic carbocycles. The highest BCUT2D eigenvalue weighted by molar-refractivity contribution is 4.85. The molecular formula is C15H34N2O3+2. The molecule has 1 fully saturated rings. The van der Waals surface area contributed by atoms with Gasteiger partial charge in [-0.3, -0.25) is 0 Å². The number of rotatable bonds is 5. The summed E-state index contributed by atoms with van der Waals surface area (Å²) in [7, 11) is 6.18. The Bertz CT molecular complexity index is 306. The number of piperidine rings is 1. The van der Waals surface area contributed by atoms with Crippen molar-refractivity contribution in [3.05, 3.63) is 0 Å². The van der Waals surface area contributed by atoms with E-state index in [-0.39, 0.29) is 17.2 Å². The number of nitrogens with one attached hydrogen (secondary N) is 1. The first-order chi connectivity index (χ1) is 8.83. The minimum atomic E-state index is -0.444. The van der Waals surface area contributed by atoms with Crippen LogP contribution in [0.2, 0.25) is 0 Å². The fourth-order valence-electron chi connectivity index (χ4n) is 3.37. The third kappa shape index (κ3) is 4.97. The van der Waals surface area contributed by atoms with Crippen molar-refractivity contribution in [3.8, 4) is 0 Å². The minimum absolute atomic E-state index is 0.0954. The third-order valence-electron chi connectivity index (χ3n) is 4.04. The van der Waals surface area contributed by atoms with Crippen LogP contribution in [0.4, 0.5) is 0 Å². The molecule has 1 atom stereocenters. The Balaban J connectivity index is 2.53. The van der Waals surface area contributed by atoms with E-state index in [1.165, 1.54) is 0 Å². The summed E-state index contributed by atoms with van der Waals surface area (Å²) in [6, 6.07) is 0. The zero-order valence-electron chi connectivity index (χ0n) is 14.2. The molecule has 1 rings (SSSR count). The fraction of sp³-hybridized carbons (Fsp3) is 1.00. The van der Waals surface area contributed by atoms with E-state index >= 15 is 0 Å². The van der Waals surface area contributed by atoms with Crippen molar-refractivity contribution in [2.45, 2.75) is 63.8 Å². The van der Waals surface area contributed by atoms with Gasteiger partial charge in [-0.15, -0.1) is 0 Å². The van der Waals surface area contributed by atoms with Crippen molar-refractivity contribution < 1.29 is 24.6 Å². The predicted octanol–water partition coefficient (Wildman–Crippen LogP) is 0.0638. The zero-order valence-corrected chi connectivity index (χ0v) is 14.2. The molecule has 5 heteroatoms. The second-order valence-corrected chi connectivity index (χ2v) is 8.61. The van der Waals surface area contributed by atoms with Crippen LogP contribution in [0.3, 0.4) is 0 Å². The van der Waals surface area contributed by atoms with Crippen molar-refractivity contribution in [1.29, 1.82) is 0 Å². The van der Waals surface area contributed by atoms with Crippen LogP contribution in [0.5, 0.6) is 0 Å². The maximum Gasteiger partial charge on any atom is 0.126 e. The van der Waals surface area contributed by atoms with Crippen LogP contribution in [0.25, 0.3) is 0 Å². The molecule has 120 valence electrons. The van der Waals surface area contributed by atoms with Crippen molar-refractivity contribution in [3.63, 3.8) is 0 Å². The number of hydroxylamine groups is 2. The van der Waals surface area contributed by atoms with Gasteiger partial charge in [-0.25, -0.2) is 5.21 Å². The lowest BCUT2D eigenvalue weighted by atomic mass is 9.80. The lowest BCUT2D eigenvalue weighted by molar-refractivity contribution is -1.16. The highest BCUT2D eigenvalue weighted by Crippen LogP contribution is 2.25. The van der Waals surface area contributed by atoms with Gasteiger partial charge in [0, 0.05) is 12.8 Å². The molecule has 0 aromatic carbocycles. The Morgan fingerprint density at radius 3 is 2.00 bits per heavy atom. The van der Waals surface area contributed by atoms with E-state index in [0.29, 0.717) is 18.2 Å². The normalized spacial score (nSPS) is 31.1. The molecule has 1 saturated heterocycles. The number of nitrogens with zero attached hydrogens (tertiary/aromatic N) is 1. The van der Waals surface area contributed by atoms with Gasteiger partial charge in [-0.2, -0.15) is 5.06 Å². The molecule has 1 unspecified atom stereocenters. The molecule has 0 bridgehead atoms. The topological polar surface area (TPSA) is 54.1 Å². The van der Waals surface area contributed by atoms with Crippen molar-refractivity contribution in [2.24, 2.45) is 0 Å². The summed E-state index contributed by atoms with van der Waals surface area (Å²) >= 11 is 0. The van der Waals surface area contributed by atoms with E-state index < -0.39 is 6.10 Å². The second kappa shape index (κ2) is 5.89. The average molecular weight is 290 g/mol. The standard InChI is InChI=1S/C15H33N2O3/c1-14(2)8-13(9-15(3,4)16(14)19)20-11-12(18)10-17(5,6)7/h12-13,18-19H,8-11H2,1-7H3/q+1/p+1. The average Bonchev–Trinajstić information content (AvgIpc) is 2.20. The van der Waals surface area contributed by atoms with Gasteiger partial charge < -0.3 is 14.3 Å². The summed E-state index contributed by atoms with van der Waals surface area (Å²) in [6.07, 6.45) is 1.26.